The highest BCUT2D eigenvalue weighted by molar-refractivity contribution is 7.89. The lowest BCUT2D eigenvalue weighted by molar-refractivity contribution is -0.00506. The van der Waals surface area contributed by atoms with Crippen molar-refractivity contribution in [3.8, 4) is 0 Å². The Hall–Kier alpha value is -1.69. The van der Waals surface area contributed by atoms with E-state index in [4.69, 9.17) is 4.74 Å². The summed E-state index contributed by atoms with van der Waals surface area (Å²) in [7, 11) is -3.46. The van der Waals surface area contributed by atoms with E-state index in [0.29, 0.717) is 18.0 Å². The second-order valence-corrected chi connectivity index (χ2v) is 10.2. The van der Waals surface area contributed by atoms with Crippen LogP contribution >= 0.6 is 0 Å². The average Bonchev–Trinajstić information content (AvgIpc) is 2.92. The highest BCUT2D eigenvalue weighted by atomic mass is 32.2. The van der Waals surface area contributed by atoms with Crippen molar-refractivity contribution in [1.82, 2.24) is 4.31 Å². The summed E-state index contributed by atoms with van der Waals surface area (Å²) < 4.78 is 34.5. The second-order valence-electron chi connectivity index (χ2n) is 8.23. The van der Waals surface area contributed by atoms with Gasteiger partial charge in [0, 0.05) is 24.4 Å². The molecule has 2 aliphatic heterocycles. The van der Waals surface area contributed by atoms with Gasteiger partial charge < -0.3 is 4.74 Å². The Bertz CT molecular complexity index is 957. The van der Waals surface area contributed by atoms with E-state index in [9.17, 15) is 8.42 Å². The van der Waals surface area contributed by atoms with Crippen LogP contribution in [0.3, 0.4) is 0 Å². The Morgan fingerprint density at radius 2 is 1.77 bits per heavy atom. The van der Waals surface area contributed by atoms with Crippen molar-refractivity contribution in [2.75, 3.05) is 13.1 Å². The minimum Gasteiger partial charge on any atom is -0.366 e. The van der Waals surface area contributed by atoms with Crippen molar-refractivity contribution >= 4 is 10.0 Å². The van der Waals surface area contributed by atoms with Crippen molar-refractivity contribution in [3.63, 3.8) is 0 Å². The third-order valence-corrected chi connectivity index (χ3v) is 8.51. The minimum atomic E-state index is -3.46. The van der Waals surface area contributed by atoms with Gasteiger partial charge in [-0.1, -0.05) is 48.0 Å². The van der Waals surface area contributed by atoms with Crippen LogP contribution in [0.4, 0.5) is 0 Å². The molecule has 5 heteroatoms. The van der Waals surface area contributed by atoms with E-state index in [1.54, 1.807) is 16.4 Å². The molecule has 2 saturated heterocycles. The average molecular weight is 369 g/mol. The number of aryl methyl sites for hydroxylation is 1. The Morgan fingerprint density at radius 1 is 1.08 bits per heavy atom. The van der Waals surface area contributed by atoms with E-state index >= 15 is 0 Å². The quantitative estimate of drug-likeness (QED) is 0.831. The van der Waals surface area contributed by atoms with E-state index in [1.807, 2.05) is 37.3 Å². The molecule has 1 saturated carbocycles. The number of hydrogen-bond acceptors (Lipinski definition) is 3. The third-order valence-electron chi connectivity index (χ3n) is 6.69. The zero-order chi connectivity index (χ0) is 18.2. The molecule has 5 rings (SSSR count). The summed E-state index contributed by atoms with van der Waals surface area (Å²) in [6.45, 7) is 5.21. The fourth-order valence-electron chi connectivity index (χ4n) is 5.09. The molecule has 26 heavy (non-hydrogen) atoms. The highest BCUT2D eigenvalue weighted by Gasteiger charge is 2.79. The number of nitrogens with zero attached hydrogens (tertiary/aromatic N) is 1. The molecule has 3 aliphatic rings. The predicted molar refractivity (Wildman–Crippen MR) is 99.2 cm³/mol. The van der Waals surface area contributed by atoms with Crippen LogP contribution in [0.25, 0.3) is 0 Å². The first-order valence-corrected chi connectivity index (χ1v) is 10.6. The Labute approximate surface area is 154 Å². The largest absolute Gasteiger partial charge is 0.366 e. The molecule has 1 aliphatic carbocycles. The van der Waals surface area contributed by atoms with Crippen molar-refractivity contribution < 1.29 is 13.2 Å². The molecule has 0 aromatic heterocycles. The lowest BCUT2D eigenvalue weighted by atomic mass is 9.85. The molecule has 2 heterocycles. The fraction of sp³-hybridized carbons (Fsp3) is 0.429. The molecule has 0 unspecified atom stereocenters. The van der Waals surface area contributed by atoms with Gasteiger partial charge in [0.15, 0.2) is 0 Å². The van der Waals surface area contributed by atoms with Crippen LogP contribution in [-0.4, -0.2) is 31.4 Å². The van der Waals surface area contributed by atoms with Crippen LogP contribution < -0.4 is 0 Å². The lowest BCUT2D eigenvalue weighted by Gasteiger charge is -2.23. The van der Waals surface area contributed by atoms with Crippen LogP contribution in [0.5, 0.6) is 0 Å². The maximum atomic E-state index is 13.2. The predicted octanol–water partition coefficient (Wildman–Crippen LogP) is 3.54. The normalized spacial score (nSPS) is 35.9. The van der Waals surface area contributed by atoms with Gasteiger partial charge in [-0.05, 0) is 38.0 Å². The van der Waals surface area contributed by atoms with Crippen molar-refractivity contribution in [2.24, 2.45) is 11.3 Å². The number of benzene rings is 2. The first-order chi connectivity index (χ1) is 12.4. The zero-order valence-corrected chi connectivity index (χ0v) is 15.9. The van der Waals surface area contributed by atoms with E-state index in [1.165, 1.54) is 0 Å². The summed E-state index contributed by atoms with van der Waals surface area (Å²) in [6, 6.07) is 17.4. The van der Waals surface area contributed by atoms with Gasteiger partial charge in [0.1, 0.15) is 0 Å². The Morgan fingerprint density at radius 3 is 2.46 bits per heavy atom. The third kappa shape index (κ3) is 2.11. The minimum absolute atomic E-state index is 0.0202. The van der Waals surface area contributed by atoms with Crippen molar-refractivity contribution in [2.45, 2.75) is 36.9 Å². The molecule has 0 bridgehead atoms. The van der Waals surface area contributed by atoms with Crippen LogP contribution in [0.2, 0.25) is 0 Å². The van der Waals surface area contributed by atoms with E-state index in [-0.39, 0.29) is 23.0 Å². The molecule has 1 spiro atoms. The summed E-state index contributed by atoms with van der Waals surface area (Å²) in [5, 5.41) is 0. The summed E-state index contributed by atoms with van der Waals surface area (Å²) in [4.78, 5) is 0.388. The van der Waals surface area contributed by atoms with E-state index in [2.05, 4.69) is 19.1 Å². The van der Waals surface area contributed by atoms with Crippen LogP contribution in [-0.2, 0) is 14.8 Å². The maximum Gasteiger partial charge on any atom is 0.243 e. The van der Waals surface area contributed by atoms with Gasteiger partial charge in [-0.25, -0.2) is 8.42 Å². The monoisotopic (exact) mass is 369 g/mol. The fourth-order valence-corrected chi connectivity index (χ4v) is 6.62. The number of rotatable bonds is 3. The Kier molecular flexibility index (Phi) is 3.29. The lowest BCUT2D eigenvalue weighted by Crippen LogP contribution is -2.31. The molecular formula is C21H23NO3S. The molecule has 0 radical (unpaired) electrons. The molecule has 2 aromatic carbocycles. The van der Waals surface area contributed by atoms with E-state index in [0.717, 1.165) is 17.5 Å². The molecule has 4 atom stereocenters. The zero-order valence-electron chi connectivity index (χ0n) is 15.1. The van der Waals surface area contributed by atoms with Gasteiger partial charge in [0.25, 0.3) is 0 Å². The first-order valence-electron chi connectivity index (χ1n) is 9.15. The van der Waals surface area contributed by atoms with Crippen LogP contribution in [0.15, 0.2) is 59.5 Å². The molecule has 0 N–H and O–H groups in total. The standard InChI is InChI=1S/C21H23NO3S/c1-15-8-10-17(11-9-15)26(23,24)22-12-18-19(16-6-4-3-5-7-16)25-20(2)13-21(18,20)14-22/h3-11,18-19H,12-14H2,1-2H3/t18-,19+,20+,21-/m0/s1. The van der Waals surface area contributed by atoms with Crippen LogP contribution in [0, 0.1) is 18.3 Å². The smallest absolute Gasteiger partial charge is 0.243 e. The first kappa shape index (κ1) is 16.5. The summed E-state index contributed by atoms with van der Waals surface area (Å²) >= 11 is 0. The summed E-state index contributed by atoms with van der Waals surface area (Å²) in [6.07, 6.45) is 0.932. The topological polar surface area (TPSA) is 46.6 Å². The summed E-state index contributed by atoms with van der Waals surface area (Å²) in [5.41, 5.74) is 1.98. The van der Waals surface area contributed by atoms with Gasteiger partial charge >= 0.3 is 0 Å². The highest BCUT2D eigenvalue weighted by Crippen LogP contribution is 2.75. The molecule has 2 aromatic rings. The van der Waals surface area contributed by atoms with Crippen LogP contribution in [0.1, 0.15) is 30.6 Å². The maximum absolute atomic E-state index is 13.2. The molecule has 136 valence electrons. The molecule has 0 amide bonds. The van der Waals surface area contributed by atoms with Gasteiger partial charge in [0.05, 0.1) is 16.6 Å². The number of sulfonamides is 1. The molecule has 4 nitrogen and oxygen atoms in total. The van der Waals surface area contributed by atoms with Gasteiger partial charge in [0.2, 0.25) is 10.0 Å². The van der Waals surface area contributed by atoms with Crippen molar-refractivity contribution in [1.29, 1.82) is 0 Å². The number of hydrogen-bond donors (Lipinski definition) is 0. The van der Waals surface area contributed by atoms with E-state index < -0.39 is 10.0 Å². The molecule has 3 fully saturated rings. The SMILES string of the molecule is Cc1ccc(S(=O)(=O)N2C[C@H]3[C@@H](c4ccccc4)O[C@]4(C)C[C@]34C2)cc1. The second kappa shape index (κ2) is 5.18. The summed E-state index contributed by atoms with van der Waals surface area (Å²) in [5.74, 6) is 0.218. The Balaban J connectivity index is 1.48. The van der Waals surface area contributed by atoms with Crippen molar-refractivity contribution in [3.05, 3.63) is 65.7 Å². The van der Waals surface area contributed by atoms with Gasteiger partial charge in [-0.15, -0.1) is 0 Å². The van der Waals surface area contributed by atoms with Gasteiger partial charge in [-0.2, -0.15) is 4.31 Å². The van der Waals surface area contributed by atoms with Gasteiger partial charge in [-0.3, -0.25) is 0 Å². The molecular weight excluding hydrogens is 346 g/mol. The number of ether oxygens (including phenoxy) is 1.